The topological polar surface area (TPSA) is 88.0 Å². The van der Waals surface area contributed by atoms with Crippen molar-refractivity contribution in [1.29, 1.82) is 0 Å². The fourth-order valence-electron chi connectivity index (χ4n) is 1.33. The Hall–Kier alpha value is -1.14. The van der Waals surface area contributed by atoms with E-state index in [9.17, 15) is 9.59 Å². The number of thiazole rings is 1. The first-order valence-electron chi connectivity index (χ1n) is 5.19. The fraction of sp³-hybridized carbons (Fsp3) is 0.600. The molecule has 1 heterocycles. The van der Waals surface area contributed by atoms with E-state index in [-0.39, 0.29) is 10.8 Å². The first-order chi connectivity index (χ1) is 7.49. The van der Waals surface area contributed by atoms with Gasteiger partial charge in [0.25, 0.3) is 0 Å². The third-order valence-electron chi connectivity index (χ3n) is 2.09. The molecule has 0 radical (unpaired) electrons. The lowest BCUT2D eigenvalue weighted by molar-refractivity contribution is -0.122. The molecule has 0 aliphatic heterocycles. The van der Waals surface area contributed by atoms with E-state index in [4.69, 9.17) is 5.73 Å². The number of rotatable bonds is 5. The molecular weight excluding hydrogens is 226 g/mol. The third-order valence-corrected chi connectivity index (χ3v) is 2.80. The van der Waals surface area contributed by atoms with Crippen molar-refractivity contribution in [2.75, 3.05) is 0 Å². The normalized spacial score (nSPS) is 12.8. The molecule has 5 nitrogen and oxygen atoms in total. The smallest absolute Gasteiger partial charge is 0.304 e. The molecule has 0 aliphatic carbocycles. The summed E-state index contributed by atoms with van der Waals surface area (Å²) in [5.74, 6) is 0.211. The van der Waals surface area contributed by atoms with Gasteiger partial charge < -0.3 is 16.0 Å². The van der Waals surface area contributed by atoms with Crippen LogP contribution in [-0.2, 0) is 11.3 Å². The second-order valence-corrected chi connectivity index (χ2v) is 4.97. The van der Waals surface area contributed by atoms with Crippen LogP contribution in [0.2, 0.25) is 0 Å². The summed E-state index contributed by atoms with van der Waals surface area (Å²) >= 11 is 1.08. The fourth-order valence-corrected chi connectivity index (χ4v) is 1.91. The van der Waals surface area contributed by atoms with Crippen molar-refractivity contribution in [2.45, 2.75) is 32.9 Å². The van der Waals surface area contributed by atoms with Crippen LogP contribution in [0, 0.1) is 5.92 Å². The summed E-state index contributed by atoms with van der Waals surface area (Å²) in [7, 11) is 0. The molecule has 1 amide bonds. The molecule has 90 valence electrons. The Balaban J connectivity index is 2.37. The number of H-pyrrole nitrogens is 1. The zero-order chi connectivity index (χ0) is 12.1. The van der Waals surface area contributed by atoms with Crippen molar-refractivity contribution >= 4 is 17.2 Å². The summed E-state index contributed by atoms with van der Waals surface area (Å²) in [6.45, 7) is 4.36. The van der Waals surface area contributed by atoms with Crippen LogP contribution < -0.4 is 15.9 Å². The quantitative estimate of drug-likeness (QED) is 0.700. The van der Waals surface area contributed by atoms with Crippen LogP contribution >= 0.6 is 11.3 Å². The summed E-state index contributed by atoms with van der Waals surface area (Å²) in [6, 6.07) is -0.481. The van der Waals surface area contributed by atoms with E-state index in [2.05, 4.69) is 10.3 Å². The summed E-state index contributed by atoms with van der Waals surface area (Å²) in [6.07, 6.45) is 0.659. The van der Waals surface area contributed by atoms with E-state index in [0.29, 0.717) is 24.6 Å². The zero-order valence-corrected chi connectivity index (χ0v) is 10.3. The lowest BCUT2D eigenvalue weighted by atomic mass is 10.0. The standard InChI is InChI=1S/C10H17N3O2S/c1-6(2)3-8(11)9(14)12-4-7-5-16-10(15)13-7/h5-6,8H,3-4,11H2,1-2H3,(H,12,14)(H,13,15)/t8-/m0/s1. The molecule has 1 atom stereocenters. The van der Waals surface area contributed by atoms with E-state index >= 15 is 0 Å². The van der Waals surface area contributed by atoms with Gasteiger partial charge in [0, 0.05) is 11.1 Å². The maximum Gasteiger partial charge on any atom is 0.304 e. The number of amides is 1. The molecule has 4 N–H and O–H groups in total. The number of hydrogen-bond donors (Lipinski definition) is 3. The summed E-state index contributed by atoms with van der Waals surface area (Å²) in [5.41, 5.74) is 6.41. The Bertz CT molecular complexity index is 397. The highest BCUT2D eigenvalue weighted by molar-refractivity contribution is 7.07. The molecule has 0 unspecified atom stereocenters. The molecule has 0 spiro atoms. The van der Waals surface area contributed by atoms with Gasteiger partial charge in [0.15, 0.2) is 0 Å². The van der Waals surface area contributed by atoms with Gasteiger partial charge in [-0.2, -0.15) is 0 Å². The van der Waals surface area contributed by atoms with Crippen molar-refractivity contribution in [1.82, 2.24) is 10.3 Å². The van der Waals surface area contributed by atoms with Gasteiger partial charge in [0.2, 0.25) is 5.91 Å². The SMILES string of the molecule is CC(C)C[C@H](N)C(=O)NCc1csc(=O)[nH]1. The van der Waals surface area contributed by atoms with Crippen molar-refractivity contribution in [3.8, 4) is 0 Å². The molecule has 0 aromatic carbocycles. The monoisotopic (exact) mass is 243 g/mol. The van der Waals surface area contributed by atoms with E-state index in [0.717, 1.165) is 11.3 Å². The summed E-state index contributed by atoms with van der Waals surface area (Å²) in [4.78, 5) is 24.9. The molecule has 16 heavy (non-hydrogen) atoms. The second-order valence-electron chi connectivity index (χ2n) is 4.13. The lowest BCUT2D eigenvalue weighted by Crippen LogP contribution is -2.41. The molecule has 0 fully saturated rings. The molecule has 1 rings (SSSR count). The molecular formula is C10H17N3O2S. The minimum absolute atomic E-state index is 0.115. The van der Waals surface area contributed by atoms with Gasteiger partial charge in [0.05, 0.1) is 12.6 Å². The minimum atomic E-state index is -0.481. The van der Waals surface area contributed by atoms with Crippen LogP contribution in [0.3, 0.4) is 0 Å². The highest BCUT2D eigenvalue weighted by Gasteiger charge is 2.14. The average molecular weight is 243 g/mol. The van der Waals surface area contributed by atoms with Gasteiger partial charge in [-0.05, 0) is 12.3 Å². The summed E-state index contributed by atoms with van der Waals surface area (Å²) in [5, 5.41) is 4.38. The van der Waals surface area contributed by atoms with Crippen LogP contribution in [0.4, 0.5) is 0 Å². The predicted molar refractivity (Wildman–Crippen MR) is 64.2 cm³/mol. The van der Waals surface area contributed by atoms with E-state index in [1.165, 1.54) is 0 Å². The minimum Gasteiger partial charge on any atom is -0.349 e. The van der Waals surface area contributed by atoms with Gasteiger partial charge in [-0.3, -0.25) is 9.59 Å². The highest BCUT2D eigenvalue weighted by atomic mass is 32.1. The van der Waals surface area contributed by atoms with Crippen LogP contribution in [0.15, 0.2) is 10.2 Å². The second kappa shape index (κ2) is 5.81. The van der Waals surface area contributed by atoms with Crippen molar-refractivity contribution < 1.29 is 4.79 Å². The first kappa shape index (κ1) is 12.9. The Morgan fingerprint density at radius 3 is 2.81 bits per heavy atom. The van der Waals surface area contributed by atoms with Gasteiger partial charge >= 0.3 is 4.87 Å². The number of aromatic amines is 1. The number of carbonyl (C=O) groups is 1. The van der Waals surface area contributed by atoms with E-state index in [1.54, 1.807) is 5.38 Å². The van der Waals surface area contributed by atoms with Gasteiger partial charge in [-0.1, -0.05) is 25.2 Å². The first-order valence-corrected chi connectivity index (χ1v) is 6.07. The number of aromatic nitrogens is 1. The Morgan fingerprint density at radius 1 is 1.62 bits per heavy atom. The van der Waals surface area contributed by atoms with E-state index < -0.39 is 6.04 Å². The molecule has 0 aliphatic rings. The van der Waals surface area contributed by atoms with Crippen LogP contribution in [0.1, 0.15) is 26.0 Å². The zero-order valence-electron chi connectivity index (χ0n) is 9.45. The Kier molecular flexibility index (Phi) is 4.70. The van der Waals surface area contributed by atoms with E-state index in [1.807, 2.05) is 13.8 Å². The number of nitrogens with one attached hydrogen (secondary N) is 2. The summed E-state index contributed by atoms with van der Waals surface area (Å²) < 4.78 is 0. The maximum atomic E-state index is 11.5. The van der Waals surface area contributed by atoms with Gasteiger partial charge in [-0.25, -0.2) is 0 Å². The molecule has 0 bridgehead atoms. The largest absolute Gasteiger partial charge is 0.349 e. The number of nitrogens with two attached hydrogens (primary N) is 1. The lowest BCUT2D eigenvalue weighted by Gasteiger charge is -2.13. The number of carbonyl (C=O) groups excluding carboxylic acids is 1. The Labute approximate surface area is 98.1 Å². The Morgan fingerprint density at radius 2 is 2.31 bits per heavy atom. The van der Waals surface area contributed by atoms with Gasteiger partial charge in [0.1, 0.15) is 0 Å². The molecule has 6 heteroatoms. The van der Waals surface area contributed by atoms with Crippen LogP contribution in [-0.4, -0.2) is 16.9 Å². The molecule has 0 saturated carbocycles. The molecule has 0 saturated heterocycles. The van der Waals surface area contributed by atoms with Crippen molar-refractivity contribution in [3.05, 3.63) is 20.7 Å². The maximum absolute atomic E-state index is 11.5. The average Bonchev–Trinajstić information content (AvgIpc) is 2.59. The van der Waals surface area contributed by atoms with Crippen LogP contribution in [0.5, 0.6) is 0 Å². The number of hydrogen-bond acceptors (Lipinski definition) is 4. The highest BCUT2D eigenvalue weighted by Crippen LogP contribution is 2.03. The predicted octanol–water partition coefficient (Wildman–Crippen LogP) is 0.426. The molecule has 1 aromatic heterocycles. The van der Waals surface area contributed by atoms with Gasteiger partial charge in [-0.15, -0.1) is 0 Å². The van der Waals surface area contributed by atoms with Crippen LogP contribution in [0.25, 0.3) is 0 Å². The van der Waals surface area contributed by atoms with Crippen molar-refractivity contribution in [2.24, 2.45) is 11.7 Å². The van der Waals surface area contributed by atoms with Crippen molar-refractivity contribution in [3.63, 3.8) is 0 Å². The third kappa shape index (κ3) is 4.16. The molecule has 1 aromatic rings.